The first-order valence-electron chi connectivity index (χ1n) is 9.18. The zero-order chi connectivity index (χ0) is 19.5. The Hall–Kier alpha value is -3.26. The SMILES string of the molecule is C[C@H](O)c1onc(-c2cccnc2)c1C(=O)N1CCN(c2ccccn2)CC1. The minimum atomic E-state index is -0.938. The number of nitrogens with zero attached hydrogens (tertiary/aromatic N) is 5. The Morgan fingerprint density at radius 3 is 2.61 bits per heavy atom. The van der Waals surface area contributed by atoms with E-state index in [-0.39, 0.29) is 11.7 Å². The van der Waals surface area contributed by atoms with Gasteiger partial charge in [0.15, 0.2) is 5.76 Å². The molecule has 1 amide bonds. The average Bonchev–Trinajstić information content (AvgIpc) is 3.20. The van der Waals surface area contributed by atoms with Gasteiger partial charge in [0.25, 0.3) is 5.91 Å². The summed E-state index contributed by atoms with van der Waals surface area (Å²) in [6, 6.07) is 9.38. The van der Waals surface area contributed by atoms with Gasteiger partial charge in [0, 0.05) is 50.3 Å². The van der Waals surface area contributed by atoms with Crippen LogP contribution in [0.1, 0.15) is 29.1 Å². The molecule has 4 rings (SSSR count). The standard InChI is InChI=1S/C20H21N5O3/c1-14(26)19-17(18(23-28-19)15-5-4-7-21-13-15)20(27)25-11-9-24(10-12-25)16-6-2-3-8-22-16/h2-8,13-14,26H,9-12H2,1H3/t14-/m0/s1. The molecule has 1 saturated heterocycles. The van der Waals surface area contributed by atoms with Crippen molar-refractivity contribution in [3.05, 3.63) is 60.2 Å². The van der Waals surface area contributed by atoms with Crippen molar-refractivity contribution in [1.82, 2.24) is 20.0 Å². The Bertz CT molecular complexity index is 935. The highest BCUT2D eigenvalue weighted by molar-refractivity contribution is 6.01. The molecule has 0 radical (unpaired) electrons. The second-order valence-corrected chi connectivity index (χ2v) is 6.66. The van der Waals surface area contributed by atoms with Gasteiger partial charge in [-0.1, -0.05) is 11.2 Å². The van der Waals surface area contributed by atoms with Crippen LogP contribution in [0.4, 0.5) is 5.82 Å². The lowest BCUT2D eigenvalue weighted by Crippen LogP contribution is -2.49. The summed E-state index contributed by atoms with van der Waals surface area (Å²) in [5.74, 6) is 0.882. The molecule has 3 aromatic heterocycles. The molecule has 0 aromatic carbocycles. The van der Waals surface area contributed by atoms with Crippen molar-refractivity contribution in [3.63, 3.8) is 0 Å². The maximum absolute atomic E-state index is 13.3. The van der Waals surface area contributed by atoms with Gasteiger partial charge in [0.2, 0.25) is 0 Å². The first kappa shape index (κ1) is 18.1. The largest absolute Gasteiger partial charge is 0.385 e. The van der Waals surface area contributed by atoms with E-state index >= 15 is 0 Å². The van der Waals surface area contributed by atoms with Crippen LogP contribution >= 0.6 is 0 Å². The van der Waals surface area contributed by atoms with Gasteiger partial charge in [0.1, 0.15) is 23.2 Å². The zero-order valence-electron chi connectivity index (χ0n) is 15.5. The third-order valence-corrected chi connectivity index (χ3v) is 4.79. The molecule has 1 N–H and O–H groups in total. The molecular weight excluding hydrogens is 358 g/mol. The van der Waals surface area contributed by atoms with E-state index in [1.807, 2.05) is 24.3 Å². The number of pyridine rings is 2. The lowest BCUT2D eigenvalue weighted by molar-refractivity contribution is 0.0735. The van der Waals surface area contributed by atoms with Gasteiger partial charge in [-0.2, -0.15) is 0 Å². The van der Waals surface area contributed by atoms with E-state index in [2.05, 4.69) is 20.0 Å². The molecule has 144 valence electrons. The van der Waals surface area contributed by atoms with E-state index in [9.17, 15) is 9.90 Å². The zero-order valence-corrected chi connectivity index (χ0v) is 15.5. The lowest BCUT2D eigenvalue weighted by Gasteiger charge is -2.35. The van der Waals surface area contributed by atoms with E-state index < -0.39 is 6.10 Å². The Morgan fingerprint density at radius 2 is 1.96 bits per heavy atom. The molecule has 3 aromatic rings. The fourth-order valence-electron chi connectivity index (χ4n) is 3.33. The number of amides is 1. The van der Waals surface area contributed by atoms with Crippen LogP contribution in [0.15, 0.2) is 53.4 Å². The highest BCUT2D eigenvalue weighted by Gasteiger charge is 2.31. The summed E-state index contributed by atoms with van der Waals surface area (Å²) < 4.78 is 5.32. The fourth-order valence-corrected chi connectivity index (χ4v) is 3.33. The second-order valence-electron chi connectivity index (χ2n) is 6.66. The van der Waals surface area contributed by atoms with Crippen LogP contribution in [0.2, 0.25) is 0 Å². The van der Waals surface area contributed by atoms with Crippen molar-refractivity contribution in [1.29, 1.82) is 0 Å². The summed E-state index contributed by atoms with van der Waals surface area (Å²) in [6.07, 6.45) is 4.10. The fraction of sp³-hybridized carbons (Fsp3) is 0.300. The summed E-state index contributed by atoms with van der Waals surface area (Å²) in [4.78, 5) is 25.7. The molecule has 1 atom stereocenters. The van der Waals surface area contributed by atoms with Crippen molar-refractivity contribution in [2.45, 2.75) is 13.0 Å². The van der Waals surface area contributed by atoms with Gasteiger partial charge >= 0.3 is 0 Å². The molecule has 1 aliphatic heterocycles. The number of aliphatic hydroxyl groups excluding tert-OH is 1. The molecule has 4 heterocycles. The molecule has 0 unspecified atom stereocenters. The van der Waals surface area contributed by atoms with Crippen molar-refractivity contribution in [2.75, 3.05) is 31.1 Å². The molecule has 8 nitrogen and oxygen atoms in total. The normalized spacial score (nSPS) is 15.5. The van der Waals surface area contributed by atoms with Gasteiger partial charge in [-0.3, -0.25) is 9.78 Å². The van der Waals surface area contributed by atoms with E-state index in [0.717, 1.165) is 5.82 Å². The summed E-state index contributed by atoms with van der Waals surface area (Å²) >= 11 is 0. The summed E-state index contributed by atoms with van der Waals surface area (Å²) in [7, 11) is 0. The van der Waals surface area contributed by atoms with Gasteiger partial charge < -0.3 is 19.4 Å². The number of aliphatic hydroxyl groups is 1. The second kappa shape index (κ2) is 7.77. The third-order valence-electron chi connectivity index (χ3n) is 4.79. The topological polar surface area (TPSA) is 95.6 Å². The lowest BCUT2D eigenvalue weighted by atomic mass is 10.0. The number of carbonyl (C=O) groups excluding carboxylic acids is 1. The smallest absolute Gasteiger partial charge is 0.259 e. The van der Waals surface area contributed by atoms with E-state index in [0.29, 0.717) is 43.0 Å². The minimum absolute atomic E-state index is 0.177. The minimum Gasteiger partial charge on any atom is -0.385 e. The van der Waals surface area contributed by atoms with Gasteiger partial charge in [-0.15, -0.1) is 0 Å². The van der Waals surface area contributed by atoms with Crippen LogP contribution < -0.4 is 4.90 Å². The Labute approximate surface area is 162 Å². The molecule has 0 aliphatic carbocycles. The number of hydrogen-bond donors (Lipinski definition) is 1. The van der Waals surface area contributed by atoms with Crippen LogP contribution in [0.3, 0.4) is 0 Å². The summed E-state index contributed by atoms with van der Waals surface area (Å²) in [5, 5.41) is 14.1. The predicted molar refractivity (Wildman–Crippen MR) is 103 cm³/mol. The third kappa shape index (κ3) is 3.46. The summed E-state index contributed by atoms with van der Waals surface area (Å²) in [5.41, 5.74) is 1.38. The van der Waals surface area contributed by atoms with Gasteiger partial charge in [-0.05, 0) is 31.2 Å². The molecule has 0 bridgehead atoms. The maximum Gasteiger partial charge on any atom is 0.259 e. The van der Waals surface area contributed by atoms with Crippen LogP contribution in [-0.4, -0.2) is 57.2 Å². The van der Waals surface area contributed by atoms with Crippen molar-refractivity contribution >= 4 is 11.7 Å². The van der Waals surface area contributed by atoms with Crippen LogP contribution in [-0.2, 0) is 0 Å². The Morgan fingerprint density at radius 1 is 1.14 bits per heavy atom. The number of hydrogen-bond acceptors (Lipinski definition) is 7. The molecule has 0 spiro atoms. The van der Waals surface area contributed by atoms with Crippen LogP contribution in [0, 0.1) is 0 Å². The summed E-state index contributed by atoms with van der Waals surface area (Å²) in [6.45, 7) is 4.02. The van der Waals surface area contributed by atoms with Crippen molar-refractivity contribution in [2.24, 2.45) is 0 Å². The molecular formula is C20H21N5O3. The van der Waals surface area contributed by atoms with E-state index in [1.165, 1.54) is 0 Å². The van der Waals surface area contributed by atoms with E-state index in [1.54, 1.807) is 36.5 Å². The first-order chi connectivity index (χ1) is 13.6. The quantitative estimate of drug-likeness (QED) is 0.742. The van der Waals surface area contributed by atoms with Crippen LogP contribution in [0.5, 0.6) is 0 Å². The molecule has 8 heteroatoms. The highest BCUT2D eigenvalue weighted by atomic mass is 16.5. The van der Waals surface area contributed by atoms with E-state index in [4.69, 9.17) is 4.52 Å². The molecule has 28 heavy (non-hydrogen) atoms. The Kier molecular flexibility index (Phi) is 5.03. The molecule has 1 aliphatic rings. The Balaban J connectivity index is 1.58. The molecule has 1 fully saturated rings. The number of piperazine rings is 1. The number of rotatable bonds is 4. The average molecular weight is 379 g/mol. The van der Waals surface area contributed by atoms with Crippen molar-refractivity contribution < 1.29 is 14.4 Å². The first-order valence-corrected chi connectivity index (χ1v) is 9.18. The number of anilines is 1. The molecule has 0 saturated carbocycles. The number of aromatic nitrogens is 3. The highest BCUT2D eigenvalue weighted by Crippen LogP contribution is 2.30. The van der Waals surface area contributed by atoms with Gasteiger partial charge in [0.05, 0.1) is 0 Å². The predicted octanol–water partition coefficient (Wildman–Crippen LogP) is 2.15. The number of carbonyl (C=O) groups is 1. The van der Waals surface area contributed by atoms with Crippen molar-refractivity contribution in [3.8, 4) is 11.3 Å². The van der Waals surface area contributed by atoms with Crippen LogP contribution in [0.25, 0.3) is 11.3 Å². The monoisotopic (exact) mass is 379 g/mol. The maximum atomic E-state index is 13.3. The van der Waals surface area contributed by atoms with Gasteiger partial charge in [-0.25, -0.2) is 4.98 Å².